The van der Waals surface area contributed by atoms with Crippen molar-refractivity contribution in [2.75, 3.05) is 4.31 Å². The molecule has 106 valence electrons. The zero-order valence-corrected chi connectivity index (χ0v) is 10.6. The number of aromatic nitrogens is 2. The number of halogens is 3. The summed E-state index contributed by atoms with van der Waals surface area (Å²) >= 11 is 0. The fraction of sp³-hybridized carbons (Fsp3) is 0.0909. The second-order valence-corrected chi connectivity index (χ2v) is 5.43. The molecule has 5 nitrogen and oxygen atoms in total. The van der Waals surface area contributed by atoms with Gasteiger partial charge in [0, 0.05) is 0 Å². The fourth-order valence-electron chi connectivity index (χ4n) is 1.49. The van der Waals surface area contributed by atoms with Gasteiger partial charge in [0.2, 0.25) is 0 Å². The molecular formula is C11H8F3N3O2S. The summed E-state index contributed by atoms with van der Waals surface area (Å²) in [6, 6.07) is 6.91. The summed E-state index contributed by atoms with van der Waals surface area (Å²) in [5.74, 6) is 0. The zero-order valence-electron chi connectivity index (χ0n) is 9.82. The molecule has 1 aromatic carbocycles. The van der Waals surface area contributed by atoms with Crippen molar-refractivity contribution in [2.24, 2.45) is 0 Å². The molecule has 0 radical (unpaired) electrons. The van der Waals surface area contributed by atoms with Gasteiger partial charge in [0.15, 0.2) is 0 Å². The van der Waals surface area contributed by atoms with Crippen LogP contribution < -0.4 is 4.31 Å². The van der Waals surface area contributed by atoms with E-state index in [1.165, 1.54) is 24.3 Å². The Bertz CT molecular complexity index is 636. The lowest BCUT2D eigenvalue weighted by Crippen LogP contribution is -2.37. The van der Waals surface area contributed by atoms with Crippen molar-refractivity contribution in [3.63, 3.8) is 0 Å². The molecule has 0 saturated carbocycles. The molecular weight excluding hydrogens is 295 g/mol. The molecule has 0 bridgehead atoms. The first kappa shape index (κ1) is 14.3. The maximum Gasteiger partial charge on any atom is 0.517 e. The molecule has 0 unspecified atom stereocenters. The lowest BCUT2D eigenvalue weighted by molar-refractivity contribution is -0.0435. The Morgan fingerprint density at radius 1 is 0.950 bits per heavy atom. The Morgan fingerprint density at radius 2 is 1.50 bits per heavy atom. The molecule has 9 heteroatoms. The summed E-state index contributed by atoms with van der Waals surface area (Å²) in [5, 5.41) is 0. The monoisotopic (exact) mass is 303 g/mol. The molecule has 0 N–H and O–H groups in total. The van der Waals surface area contributed by atoms with Gasteiger partial charge in [-0.05, 0) is 12.1 Å². The van der Waals surface area contributed by atoms with Gasteiger partial charge in [0.1, 0.15) is 6.33 Å². The maximum atomic E-state index is 12.8. The van der Waals surface area contributed by atoms with Gasteiger partial charge in [-0.25, -0.2) is 14.3 Å². The number of sulfonamides is 1. The molecule has 0 atom stereocenters. The molecule has 0 fully saturated rings. The van der Waals surface area contributed by atoms with Crippen LogP contribution in [0.15, 0.2) is 49.1 Å². The maximum absolute atomic E-state index is 12.8. The molecule has 1 aromatic heterocycles. The molecule has 0 aliphatic carbocycles. The van der Waals surface area contributed by atoms with Crippen molar-refractivity contribution in [3.05, 3.63) is 49.1 Å². The molecule has 0 saturated heterocycles. The van der Waals surface area contributed by atoms with Gasteiger partial charge < -0.3 is 0 Å². The van der Waals surface area contributed by atoms with Crippen molar-refractivity contribution in [2.45, 2.75) is 5.51 Å². The van der Waals surface area contributed by atoms with E-state index in [1.54, 1.807) is 6.07 Å². The first-order valence-electron chi connectivity index (χ1n) is 5.26. The number of nitrogens with zero attached hydrogens (tertiary/aromatic N) is 3. The third-order valence-electron chi connectivity index (χ3n) is 2.31. The van der Waals surface area contributed by atoms with Crippen molar-refractivity contribution >= 4 is 21.4 Å². The summed E-state index contributed by atoms with van der Waals surface area (Å²) in [5.41, 5.74) is -5.88. The molecule has 20 heavy (non-hydrogen) atoms. The van der Waals surface area contributed by atoms with Gasteiger partial charge in [-0.1, -0.05) is 18.2 Å². The number of benzene rings is 1. The predicted octanol–water partition coefficient (Wildman–Crippen LogP) is 2.46. The Kier molecular flexibility index (Phi) is 3.62. The first-order chi connectivity index (χ1) is 9.34. The Morgan fingerprint density at radius 3 is 2.00 bits per heavy atom. The highest BCUT2D eigenvalue weighted by molar-refractivity contribution is 7.94. The third-order valence-corrected chi connectivity index (χ3v) is 3.79. The lowest BCUT2D eigenvalue weighted by atomic mass is 10.3. The Labute approximate surface area is 112 Å². The summed E-state index contributed by atoms with van der Waals surface area (Å²) < 4.78 is 61.9. The highest BCUT2D eigenvalue weighted by Crippen LogP contribution is 2.35. The first-order valence-corrected chi connectivity index (χ1v) is 6.70. The predicted molar refractivity (Wildman–Crippen MR) is 65.6 cm³/mol. The Hall–Kier alpha value is -2.16. The second-order valence-electron chi connectivity index (χ2n) is 3.65. The number of hydrogen-bond donors (Lipinski definition) is 0. The van der Waals surface area contributed by atoms with E-state index in [0.717, 1.165) is 18.7 Å². The topological polar surface area (TPSA) is 63.2 Å². The van der Waals surface area contributed by atoms with Gasteiger partial charge in [-0.3, -0.25) is 0 Å². The van der Waals surface area contributed by atoms with Crippen LogP contribution in [0.5, 0.6) is 0 Å². The third kappa shape index (κ3) is 2.57. The average Bonchev–Trinajstić information content (AvgIpc) is 2.40. The largest absolute Gasteiger partial charge is 0.517 e. The standard InChI is InChI=1S/C11H8F3N3O2S/c12-11(13,14)20(18,19)17(9-4-2-1-3-5-9)10-6-15-8-16-7-10/h1-8H. The van der Waals surface area contributed by atoms with E-state index in [2.05, 4.69) is 9.97 Å². The van der Waals surface area contributed by atoms with E-state index in [4.69, 9.17) is 0 Å². The Balaban J connectivity index is 2.64. The molecule has 2 rings (SSSR count). The normalized spacial score (nSPS) is 12.2. The highest BCUT2D eigenvalue weighted by Gasteiger charge is 2.51. The van der Waals surface area contributed by atoms with Crippen LogP contribution in [-0.4, -0.2) is 23.9 Å². The van der Waals surface area contributed by atoms with E-state index in [9.17, 15) is 21.6 Å². The summed E-state index contributed by atoms with van der Waals surface area (Å²) in [7, 11) is -5.59. The van der Waals surface area contributed by atoms with Crippen molar-refractivity contribution < 1.29 is 21.6 Å². The average molecular weight is 303 g/mol. The van der Waals surface area contributed by atoms with Crippen LogP contribution in [-0.2, 0) is 10.0 Å². The summed E-state index contributed by atoms with van der Waals surface area (Å²) in [6.45, 7) is 0. The van der Waals surface area contributed by atoms with Crippen molar-refractivity contribution in [1.82, 2.24) is 9.97 Å². The van der Waals surface area contributed by atoms with Crippen LogP contribution in [0.1, 0.15) is 0 Å². The number of hydrogen-bond acceptors (Lipinski definition) is 4. The fourth-order valence-corrected chi connectivity index (χ4v) is 2.47. The summed E-state index contributed by atoms with van der Waals surface area (Å²) in [4.78, 5) is 7.08. The van der Waals surface area contributed by atoms with Crippen molar-refractivity contribution in [3.8, 4) is 0 Å². The zero-order chi connectivity index (χ0) is 14.8. The minimum Gasteiger partial charge on any atom is -0.243 e. The molecule has 0 amide bonds. The van der Waals surface area contributed by atoms with Crippen LogP contribution in [0.3, 0.4) is 0 Å². The SMILES string of the molecule is O=S(=O)(N(c1ccccc1)c1cncnc1)C(F)(F)F. The summed E-state index contributed by atoms with van der Waals surface area (Å²) in [6.07, 6.45) is 3.07. The second kappa shape index (κ2) is 5.08. The van der Waals surface area contributed by atoms with Gasteiger partial charge in [-0.15, -0.1) is 0 Å². The molecule has 0 aliphatic rings. The van der Waals surface area contributed by atoms with E-state index in [1.807, 2.05) is 0 Å². The van der Waals surface area contributed by atoms with Crippen LogP contribution in [0, 0.1) is 0 Å². The van der Waals surface area contributed by atoms with Crippen molar-refractivity contribution in [1.29, 1.82) is 0 Å². The van der Waals surface area contributed by atoms with Gasteiger partial charge in [0.25, 0.3) is 0 Å². The number of para-hydroxylation sites is 1. The lowest BCUT2D eigenvalue weighted by Gasteiger charge is -2.24. The highest BCUT2D eigenvalue weighted by atomic mass is 32.2. The minimum absolute atomic E-state index is 0.153. The molecule has 2 aromatic rings. The van der Waals surface area contributed by atoms with E-state index >= 15 is 0 Å². The van der Waals surface area contributed by atoms with E-state index in [-0.39, 0.29) is 15.7 Å². The van der Waals surface area contributed by atoms with Gasteiger partial charge in [0.05, 0.1) is 23.8 Å². The smallest absolute Gasteiger partial charge is 0.243 e. The molecule has 1 heterocycles. The molecule has 0 aliphatic heterocycles. The van der Waals surface area contributed by atoms with Crippen LogP contribution >= 0.6 is 0 Å². The van der Waals surface area contributed by atoms with Crippen LogP contribution in [0.4, 0.5) is 24.5 Å². The number of rotatable bonds is 3. The van der Waals surface area contributed by atoms with Crippen LogP contribution in [0.25, 0.3) is 0 Å². The molecule has 0 spiro atoms. The van der Waals surface area contributed by atoms with E-state index in [0.29, 0.717) is 0 Å². The van der Waals surface area contributed by atoms with Gasteiger partial charge in [-0.2, -0.15) is 21.6 Å². The number of anilines is 2. The van der Waals surface area contributed by atoms with Gasteiger partial charge >= 0.3 is 15.5 Å². The quantitative estimate of drug-likeness (QED) is 0.874. The minimum atomic E-state index is -5.59. The van der Waals surface area contributed by atoms with Crippen LogP contribution in [0.2, 0.25) is 0 Å². The van der Waals surface area contributed by atoms with E-state index < -0.39 is 15.5 Å². The number of alkyl halides is 3.